The highest BCUT2D eigenvalue weighted by Gasteiger charge is 2.51. The summed E-state index contributed by atoms with van der Waals surface area (Å²) in [4.78, 5) is 24.6. The first-order chi connectivity index (χ1) is 13.7. The van der Waals surface area contributed by atoms with E-state index < -0.39 is 60.4 Å². The van der Waals surface area contributed by atoms with Gasteiger partial charge in [-0.3, -0.25) is 0 Å². The molecule has 29 heavy (non-hydrogen) atoms. The van der Waals surface area contributed by atoms with Crippen molar-refractivity contribution in [1.29, 1.82) is 0 Å². The largest absolute Gasteiger partial charge is 0.458 e. The zero-order valence-electron chi connectivity index (χ0n) is 15.1. The summed E-state index contributed by atoms with van der Waals surface area (Å²) in [5.41, 5.74) is 0.303. The molecule has 1 atom stereocenters. The molecule has 0 N–H and O–H groups in total. The lowest BCUT2D eigenvalue weighted by Crippen LogP contribution is -2.42. The van der Waals surface area contributed by atoms with Gasteiger partial charge in [-0.2, -0.15) is 0 Å². The van der Waals surface area contributed by atoms with Crippen LogP contribution < -0.4 is 0 Å². The van der Waals surface area contributed by atoms with Crippen molar-refractivity contribution in [2.75, 3.05) is 18.1 Å². The highest BCUT2D eigenvalue weighted by atomic mass is 32.3. The second kappa shape index (κ2) is 8.34. The standard InChI is InChI=1S/C19H18O8S2/c20-17(14-7-3-1-4-8-14)26-13-16(19-28(22,23)11-12-29(19,24)25)27-18(21)15-9-5-2-6-10-15/h1-10,16,19H,11-13H2. The molecule has 1 unspecified atom stereocenters. The Hall–Kier alpha value is -2.72. The number of carbonyl (C=O) groups excluding carboxylic acids is 2. The third-order valence-electron chi connectivity index (χ3n) is 4.32. The third kappa shape index (κ3) is 4.83. The summed E-state index contributed by atoms with van der Waals surface area (Å²) < 4.78 is 57.7. The van der Waals surface area contributed by atoms with Gasteiger partial charge in [0.1, 0.15) is 6.61 Å². The average molecular weight is 438 g/mol. The van der Waals surface area contributed by atoms with Gasteiger partial charge in [0.25, 0.3) is 0 Å². The topological polar surface area (TPSA) is 121 Å². The van der Waals surface area contributed by atoms with Crippen LogP contribution in [0.15, 0.2) is 60.7 Å². The van der Waals surface area contributed by atoms with Gasteiger partial charge in [0, 0.05) is 0 Å². The molecule has 8 nitrogen and oxygen atoms in total. The molecule has 1 aliphatic rings. The zero-order valence-corrected chi connectivity index (χ0v) is 16.8. The fourth-order valence-electron chi connectivity index (χ4n) is 2.91. The average Bonchev–Trinajstić information content (AvgIpc) is 2.93. The van der Waals surface area contributed by atoms with Crippen LogP contribution in [0.1, 0.15) is 20.7 Å². The molecule has 1 saturated heterocycles. The van der Waals surface area contributed by atoms with Crippen molar-refractivity contribution in [3.05, 3.63) is 71.8 Å². The quantitative estimate of drug-likeness (QED) is 0.618. The van der Waals surface area contributed by atoms with Crippen LogP contribution in [0.2, 0.25) is 0 Å². The van der Waals surface area contributed by atoms with E-state index in [4.69, 9.17) is 9.47 Å². The molecule has 0 saturated carbocycles. The monoisotopic (exact) mass is 438 g/mol. The molecule has 2 aromatic rings. The van der Waals surface area contributed by atoms with E-state index in [1.54, 1.807) is 36.4 Å². The number of sulfone groups is 2. The highest BCUT2D eigenvalue weighted by Crippen LogP contribution is 2.26. The van der Waals surface area contributed by atoms with Gasteiger partial charge in [0.2, 0.25) is 4.58 Å². The highest BCUT2D eigenvalue weighted by molar-refractivity contribution is 8.12. The lowest BCUT2D eigenvalue weighted by Gasteiger charge is -2.22. The number of hydrogen-bond acceptors (Lipinski definition) is 8. The molecule has 1 fully saturated rings. The maximum absolute atomic E-state index is 12.4. The fraction of sp³-hybridized carbons (Fsp3) is 0.263. The summed E-state index contributed by atoms with van der Waals surface area (Å²) in [6.07, 6.45) is -1.69. The van der Waals surface area contributed by atoms with Crippen LogP contribution in [0, 0.1) is 0 Å². The van der Waals surface area contributed by atoms with Crippen molar-refractivity contribution in [2.24, 2.45) is 0 Å². The lowest BCUT2D eigenvalue weighted by molar-refractivity contribution is 0.00306. The minimum absolute atomic E-state index is 0.111. The maximum atomic E-state index is 12.4. The summed E-state index contributed by atoms with van der Waals surface area (Å²) in [7, 11) is -8.18. The van der Waals surface area contributed by atoms with E-state index in [1.165, 1.54) is 24.3 Å². The minimum Gasteiger partial charge on any atom is -0.458 e. The second-order valence-corrected chi connectivity index (χ2v) is 11.2. The molecule has 10 heteroatoms. The molecule has 0 bridgehead atoms. The van der Waals surface area contributed by atoms with Gasteiger partial charge in [-0.05, 0) is 24.3 Å². The van der Waals surface area contributed by atoms with Crippen molar-refractivity contribution >= 4 is 31.6 Å². The van der Waals surface area contributed by atoms with Crippen LogP contribution in [-0.4, -0.2) is 57.6 Å². The SMILES string of the molecule is O=C(OCC(OC(=O)c1ccccc1)C1S(=O)(=O)CCS1(=O)=O)c1ccccc1. The van der Waals surface area contributed by atoms with Gasteiger partial charge in [0.15, 0.2) is 25.8 Å². The summed E-state index contributed by atoms with van der Waals surface area (Å²) >= 11 is 0. The molecule has 1 heterocycles. The number of hydrogen-bond donors (Lipinski definition) is 0. The Morgan fingerprint density at radius 1 is 0.793 bits per heavy atom. The Morgan fingerprint density at radius 2 is 1.24 bits per heavy atom. The first kappa shape index (κ1) is 21.0. The summed E-state index contributed by atoms with van der Waals surface area (Å²) in [6, 6.07) is 15.6. The Bertz CT molecular complexity index is 1060. The van der Waals surface area contributed by atoms with Crippen LogP contribution in [0.5, 0.6) is 0 Å². The first-order valence-corrected chi connectivity index (χ1v) is 12.1. The van der Waals surface area contributed by atoms with Gasteiger partial charge in [-0.1, -0.05) is 36.4 Å². The predicted octanol–water partition coefficient (Wildman–Crippen LogP) is 1.24. The number of esters is 2. The first-order valence-electron chi connectivity index (χ1n) is 8.62. The smallest absolute Gasteiger partial charge is 0.338 e. The van der Waals surface area contributed by atoms with Crippen LogP contribution in [-0.2, 0) is 29.1 Å². The van der Waals surface area contributed by atoms with Crippen LogP contribution in [0.25, 0.3) is 0 Å². The van der Waals surface area contributed by atoms with Gasteiger partial charge in [-0.25, -0.2) is 26.4 Å². The molecule has 0 aromatic heterocycles. The Labute approximate surface area is 168 Å². The van der Waals surface area contributed by atoms with Gasteiger partial charge < -0.3 is 9.47 Å². The van der Waals surface area contributed by atoms with E-state index in [2.05, 4.69) is 0 Å². The van der Waals surface area contributed by atoms with Gasteiger partial charge in [0.05, 0.1) is 22.6 Å². The maximum Gasteiger partial charge on any atom is 0.338 e. The van der Waals surface area contributed by atoms with Crippen LogP contribution in [0.3, 0.4) is 0 Å². The number of carbonyl (C=O) groups is 2. The Morgan fingerprint density at radius 3 is 1.72 bits per heavy atom. The third-order valence-corrected chi connectivity index (χ3v) is 9.91. The normalized spacial score (nSPS) is 18.6. The van der Waals surface area contributed by atoms with Gasteiger partial charge >= 0.3 is 11.9 Å². The van der Waals surface area contributed by atoms with Crippen molar-refractivity contribution < 1.29 is 35.9 Å². The Balaban J connectivity index is 1.85. The number of ether oxygens (including phenoxy) is 2. The van der Waals surface area contributed by atoms with E-state index in [0.717, 1.165) is 0 Å². The molecule has 0 aliphatic carbocycles. The predicted molar refractivity (Wildman–Crippen MR) is 104 cm³/mol. The van der Waals surface area contributed by atoms with Crippen molar-refractivity contribution in [3.8, 4) is 0 Å². The summed E-state index contributed by atoms with van der Waals surface area (Å²) in [6.45, 7) is -0.713. The van der Waals surface area contributed by atoms with Crippen molar-refractivity contribution in [2.45, 2.75) is 10.7 Å². The molecular formula is C19H18O8S2. The molecule has 3 rings (SSSR count). The van der Waals surface area contributed by atoms with E-state index in [-0.39, 0.29) is 11.1 Å². The van der Waals surface area contributed by atoms with E-state index in [9.17, 15) is 26.4 Å². The minimum atomic E-state index is -4.09. The van der Waals surface area contributed by atoms with E-state index in [1.807, 2.05) is 0 Å². The van der Waals surface area contributed by atoms with E-state index in [0.29, 0.717) is 0 Å². The molecule has 1 aliphatic heterocycles. The molecule has 0 amide bonds. The Kier molecular flexibility index (Phi) is 6.04. The van der Waals surface area contributed by atoms with E-state index >= 15 is 0 Å². The van der Waals surface area contributed by atoms with Crippen LogP contribution >= 0.6 is 0 Å². The molecule has 154 valence electrons. The summed E-state index contributed by atoms with van der Waals surface area (Å²) in [5, 5.41) is 0. The molecule has 0 spiro atoms. The second-order valence-electron chi connectivity index (χ2n) is 6.38. The molecule has 0 radical (unpaired) electrons. The summed E-state index contributed by atoms with van der Waals surface area (Å²) in [5.74, 6) is -2.86. The molecule has 2 aromatic carbocycles. The number of benzene rings is 2. The van der Waals surface area contributed by atoms with Crippen molar-refractivity contribution in [1.82, 2.24) is 0 Å². The van der Waals surface area contributed by atoms with Crippen molar-refractivity contribution in [3.63, 3.8) is 0 Å². The fourth-order valence-corrected chi connectivity index (χ4v) is 8.79. The van der Waals surface area contributed by atoms with Crippen LogP contribution in [0.4, 0.5) is 0 Å². The lowest BCUT2D eigenvalue weighted by atomic mass is 10.2. The zero-order chi connectivity index (χ0) is 21.1. The van der Waals surface area contributed by atoms with Gasteiger partial charge in [-0.15, -0.1) is 0 Å². The molecular weight excluding hydrogens is 420 g/mol. The number of rotatable bonds is 6.